The fourth-order valence-corrected chi connectivity index (χ4v) is 1.81. The van der Waals surface area contributed by atoms with E-state index in [1.54, 1.807) is 24.3 Å². The van der Waals surface area contributed by atoms with Crippen molar-refractivity contribution >= 4 is 17.4 Å². The van der Waals surface area contributed by atoms with Crippen molar-refractivity contribution in [1.82, 2.24) is 4.98 Å². The number of anilines is 1. The Labute approximate surface area is 116 Å². The molecule has 0 saturated heterocycles. The molecule has 5 heteroatoms. The van der Waals surface area contributed by atoms with Gasteiger partial charge >= 0.3 is 0 Å². The summed E-state index contributed by atoms with van der Waals surface area (Å²) < 4.78 is 5.58. The van der Waals surface area contributed by atoms with Crippen LogP contribution in [-0.2, 0) is 6.61 Å². The van der Waals surface area contributed by atoms with Crippen LogP contribution in [-0.4, -0.2) is 4.98 Å². The van der Waals surface area contributed by atoms with Gasteiger partial charge in [-0.05, 0) is 31.2 Å². The van der Waals surface area contributed by atoms with Crippen molar-refractivity contribution in [1.29, 1.82) is 5.26 Å². The van der Waals surface area contributed by atoms with Crippen molar-refractivity contribution in [2.45, 2.75) is 13.5 Å². The average molecular weight is 274 g/mol. The first-order chi connectivity index (χ1) is 9.10. The van der Waals surface area contributed by atoms with E-state index in [2.05, 4.69) is 4.98 Å². The molecule has 0 amide bonds. The zero-order chi connectivity index (χ0) is 13.8. The van der Waals surface area contributed by atoms with E-state index < -0.39 is 0 Å². The van der Waals surface area contributed by atoms with E-state index in [1.165, 1.54) is 0 Å². The van der Waals surface area contributed by atoms with Crippen LogP contribution in [0.3, 0.4) is 0 Å². The summed E-state index contributed by atoms with van der Waals surface area (Å²) in [5, 5.41) is 9.26. The standard InChI is InChI=1S/C14H12ClN3O/c1-9-2-5-13(14(17)18-9)19-8-11-4-3-10(7-16)6-12(11)15/h2-6H,8H2,1H3,(H2,17,18). The molecule has 1 heterocycles. The zero-order valence-electron chi connectivity index (χ0n) is 10.4. The first kappa shape index (κ1) is 13.2. The maximum absolute atomic E-state index is 8.76. The van der Waals surface area contributed by atoms with Crippen LogP contribution in [0.5, 0.6) is 5.75 Å². The quantitative estimate of drug-likeness (QED) is 0.933. The summed E-state index contributed by atoms with van der Waals surface area (Å²) in [6, 6.07) is 10.7. The largest absolute Gasteiger partial charge is 0.485 e. The number of nitrogens with zero attached hydrogens (tertiary/aromatic N) is 2. The second-order valence-electron chi connectivity index (χ2n) is 4.04. The first-order valence-corrected chi connectivity index (χ1v) is 6.02. The highest BCUT2D eigenvalue weighted by atomic mass is 35.5. The van der Waals surface area contributed by atoms with Crippen molar-refractivity contribution in [2.24, 2.45) is 0 Å². The van der Waals surface area contributed by atoms with Crippen LogP contribution in [0.25, 0.3) is 0 Å². The third-order valence-corrected chi connectivity index (χ3v) is 2.94. The number of aryl methyl sites for hydroxylation is 1. The zero-order valence-corrected chi connectivity index (χ0v) is 11.1. The van der Waals surface area contributed by atoms with Gasteiger partial charge in [-0.25, -0.2) is 4.98 Å². The second-order valence-corrected chi connectivity index (χ2v) is 4.45. The van der Waals surface area contributed by atoms with Crippen molar-refractivity contribution in [3.8, 4) is 11.8 Å². The third-order valence-electron chi connectivity index (χ3n) is 2.59. The van der Waals surface area contributed by atoms with Crippen molar-refractivity contribution in [3.05, 3.63) is 52.2 Å². The van der Waals surface area contributed by atoms with Gasteiger partial charge in [0.05, 0.1) is 11.6 Å². The molecule has 2 rings (SSSR count). The number of halogens is 1. The van der Waals surface area contributed by atoms with Crippen molar-refractivity contribution in [2.75, 3.05) is 5.73 Å². The van der Waals surface area contributed by atoms with Crippen LogP contribution < -0.4 is 10.5 Å². The number of nitrogens with two attached hydrogens (primary N) is 1. The van der Waals surface area contributed by atoms with Crippen LogP contribution >= 0.6 is 11.6 Å². The summed E-state index contributed by atoms with van der Waals surface area (Å²) in [5.41, 5.74) is 7.90. The summed E-state index contributed by atoms with van der Waals surface area (Å²) >= 11 is 6.06. The minimum absolute atomic E-state index is 0.277. The number of nitriles is 1. The van der Waals surface area contributed by atoms with Crippen molar-refractivity contribution < 1.29 is 4.74 Å². The van der Waals surface area contributed by atoms with E-state index in [-0.39, 0.29) is 6.61 Å². The number of hydrogen-bond acceptors (Lipinski definition) is 4. The smallest absolute Gasteiger partial charge is 0.166 e. The lowest BCUT2D eigenvalue weighted by molar-refractivity contribution is 0.307. The molecule has 0 fully saturated rings. The molecule has 0 aliphatic rings. The molecular formula is C14H12ClN3O. The van der Waals surface area contributed by atoms with E-state index in [0.717, 1.165) is 11.3 Å². The lowest BCUT2D eigenvalue weighted by atomic mass is 10.1. The Morgan fingerprint density at radius 3 is 2.79 bits per heavy atom. The topological polar surface area (TPSA) is 71.9 Å². The summed E-state index contributed by atoms with van der Waals surface area (Å²) in [5.74, 6) is 0.871. The van der Waals surface area contributed by atoms with Gasteiger partial charge in [-0.3, -0.25) is 0 Å². The minimum atomic E-state index is 0.277. The monoisotopic (exact) mass is 273 g/mol. The molecule has 2 N–H and O–H groups in total. The highest BCUT2D eigenvalue weighted by Crippen LogP contribution is 2.23. The predicted octanol–water partition coefficient (Wildman–Crippen LogP) is 3.08. The molecule has 0 spiro atoms. The lowest BCUT2D eigenvalue weighted by Gasteiger charge is -2.10. The molecule has 0 aliphatic heterocycles. The summed E-state index contributed by atoms with van der Waals surface area (Å²) in [6.45, 7) is 2.14. The fraction of sp³-hybridized carbons (Fsp3) is 0.143. The number of rotatable bonds is 3. The van der Waals surface area contributed by atoms with Gasteiger partial charge in [0.15, 0.2) is 11.6 Å². The Balaban J connectivity index is 2.13. The Bertz CT molecular complexity index is 650. The normalized spacial score (nSPS) is 9.95. The first-order valence-electron chi connectivity index (χ1n) is 5.64. The number of nitrogen functional groups attached to an aromatic ring is 1. The van der Waals surface area contributed by atoms with E-state index in [9.17, 15) is 0 Å². The molecule has 0 aliphatic carbocycles. The summed E-state index contributed by atoms with van der Waals surface area (Å²) in [7, 11) is 0. The Kier molecular flexibility index (Phi) is 3.88. The van der Waals surface area contributed by atoms with Crippen LogP contribution in [0.1, 0.15) is 16.8 Å². The Hall–Kier alpha value is -2.25. The number of ether oxygens (including phenoxy) is 1. The van der Waals surface area contributed by atoms with E-state index in [1.807, 2.05) is 19.1 Å². The molecular weight excluding hydrogens is 262 g/mol. The van der Waals surface area contributed by atoms with Gasteiger partial charge in [-0.15, -0.1) is 0 Å². The van der Waals surface area contributed by atoms with Gasteiger partial charge in [-0.1, -0.05) is 17.7 Å². The van der Waals surface area contributed by atoms with Gasteiger partial charge in [0, 0.05) is 16.3 Å². The third kappa shape index (κ3) is 3.15. The van der Waals surface area contributed by atoms with Crippen LogP contribution in [0.15, 0.2) is 30.3 Å². The summed E-state index contributed by atoms with van der Waals surface area (Å²) in [6.07, 6.45) is 0. The molecule has 1 aromatic heterocycles. The van der Waals surface area contributed by atoms with Crippen molar-refractivity contribution in [3.63, 3.8) is 0 Å². The average Bonchev–Trinajstić information content (AvgIpc) is 2.39. The number of benzene rings is 1. The highest BCUT2D eigenvalue weighted by Gasteiger charge is 2.06. The molecule has 0 saturated carbocycles. The van der Waals surface area contributed by atoms with Gasteiger partial charge in [-0.2, -0.15) is 5.26 Å². The summed E-state index contributed by atoms with van der Waals surface area (Å²) in [4.78, 5) is 4.11. The van der Waals surface area contributed by atoms with Gasteiger partial charge < -0.3 is 10.5 Å². The van der Waals surface area contributed by atoms with E-state index in [4.69, 9.17) is 27.3 Å². The number of pyridine rings is 1. The second kappa shape index (κ2) is 5.59. The molecule has 4 nitrogen and oxygen atoms in total. The van der Waals surface area contributed by atoms with Crippen LogP contribution in [0.2, 0.25) is 5.02 Å². The van der Waals surface area contributed by atoms with Gasteiger partial charge in [0.1, 0.15) is 6.61 Å². The number of aromatic nitrogens is 1. The predicted molar refractivity (Wildman–Crippen MR) is 73.9 cm³/mol. The maximum atomic E-state index is 8.76. The van der Waals surface area contributed by atoms with E-state index >= 15 is 0 Å². The molecule has 0 radical (unpaired) electrons. The molecule has 0 atom stereocenters. The minimum Gasteiger partial charge on any atom is -0.485 e. The molecule has 19 heavy (non-hydrogen) atoms. The molecule has 2 aromatic rings. The highest BCUT2D eigenvalue weighted by molar-refractivity contribution is 6.31. The lowest BCUT2D eigenvalue weighted by Crippen LogP contribution is -2.01. The van der Waals surface area contributed by atoms with Crippen LogP contribution in [0, 0.1) is 18.3 Å². The fourth-order valence-electron chi connectivity index (χ4n) is 1.58. The van der Waals surface area contributed by atoms with Gasteiger partial charge in [0.2, 0.25) is 0 Å². The molecule has 0 unspecified atom stereocenters. The maximum Gasteiger partial charge on any atom is 0.166 e. The molecule has 1 aromatic carbocycles. The SMILES string of the molecule is Cc1ccc(OCc2ccc(C#N)cc2Cl)c(N)n1. The Morgan fingerprint density at radius 2 is 2.16 bits per heavy atom. The molecule has 0 bridgehead atoms. The van der Waals surface area contributed by atoms with Crippen LogP contribution in [0.4, 0.5) is 5.82 Å². The number of hydrogen-bond donors (Lipinski definition) is 1. The Morgan fingerprint density at radius 1 is 1.37 bits per heavy atom. The molecule has 96 valence electrons. The van der Waals surface area contributed by atoms with E-state index in [0.29, 0.717) is 22.2 Å². The van der Waals surface area contributed by atoms with Gasteiger partial charge in [0.25, 0.3) is 0 Å².